The summed E-state index contributed by atoms with van der Waals surface area (Å²) in [5.74, 6) is 0.153. The van der Waals surface area contributed by atoms with Gasteiger partial charge in [0, 0.05) is 12.6 Å². The summed E-state index contributed by atoms with van der Waals surface area (Å²) in [6.45, 7) is 2.73. The van der Waals surface area contributed by atoms with Gasteiger partial charge in [-0.15, -0.1) is 0 Å². The number of hydrogen-bond donors (Lipinski definition) is 1. The molecule has 1 aromatic carbocycles. The molecule has 5 heteroatoms. The van der Waals surface area contributed by atoms with Crippen molar-refractivity contribution in [2.75, 3.05) is 13.1 Å². The van der Waals surface area contributed by atoms with Gasteiger partial charge in [-0.05, 0) is 37.8 Å². The van der Waals surface area contributed by atoms with Crippen molar-refractivity contribution < 1.29 is 13.2 Å². The second-order valence-electron chi connectivity index (χ2n) is 5.58. The minimum Gasteiger partial charge on any atom is -0.330 e. The maximum absolute atomic E-state index is 13.5. The van der Waals surface area contributed by atoms with Crippen LogP contribution in [0.25, 0.3) is 0 Å². The smallest absolute Gasteiger partial charge is 0.330 e. The highest BCUT2D eigenvalue weighted by molar-refractivity contribution is 5.21. The molecule has 3 unspecified atom stereocenters. The normalized spacial score (nSPS) is 26.4. The number of benzene rings is 1. The van der Waals surface area contributed by atoms with Gasteiger partial charge in [0.15, 0.2) is 0 Å². The Hall–Kier alpha value is -1.07. The van der Waals surface area contributed by atoms with Crippen LogP contribution in [0.3, 0.4) is 0 Å². The first-order chi connectivity index (χ1) is 9.43. The van der Waals surface area contributed by atoms with Gasteiger partial charge in [0.25, 0.3) is 0 Å². The van der Waals surface area contributed by atoms with Gasteiger partial charge in [0.05, 0.1) is 0 Å². The highest BCUT2D eigenvalue weighted by Crippen LogP contribution is 2.41. The number of hydrogen-bond acceptors (Lipinski definition) is 2. The van der Waals surface area contributed by atoms with Crippen molar-refractivity contribution in [3.05, 3.63) is 35.9 Å². The molecule has 2 rings (SSSR count). The van der Waals surface area contributed by atoms with E-state index in [0.717, 1.165) is 12.8 Å². The molecule has 0 radical (unpaired) electrons. The molecular formula is C15H21F3N2. The van der Waals surface area contributed by atoms with Gasteiger partial charge in [-0.25, -0.2) is 0 Å². The monoisotopic (exact) mass is 286 g/mol. The molecule has 2 nitrogen and oxygen atoms in total. The highest BCUT2D eigenvalue weighted by atomic mass is 19.4. The second kappa shape index (κ2) is 6.14. The third kappa shape index (κ3) is 3.33. The van der Waals surface area contributed by atoms with Crippen LogP contribution in [-0.2, 0) is 0 Å². The molecule has 1 fully saturated rings. The quantitative estimate of drug-likeness (QED) is 0.923. The third-order valence-corrected chi connectivity index (χ3v) is 4.12. The van der Waals surface area contributed by atoms with Crippen LogP contribution in [-0.4, -0.2) is 30.2 Å². The van der Waals surface area contributed by atoms with Crippen molar-refractivity contribution in [1.29, 1.82) is 0 Å². The number of halogens is 3. The first-order valence-electron chi connectivity index (χ1n) is 7.01. The van der Waals surface area contributed by atoms with Crippen LogP contribution in [0.2, 0.25) is 0 Å². The van der Waals surface area contributed by atoms with Gasteiger partial charge in [0.1, 0.15) is 6.04 Å². The van der Waals surface area contributed by atoms with Gasteiger partial charge in [-0.1, -0.05) is 30.3 Å². The average molecular weight is 286 g/mol. The minimum absolute atomic E-state index is 0.0790. The van der Waals surface area contributed by atoms with Crippen molar-refractivity contribution in [3.63, 3.8) is 0 Å². The molecule has 1 aliphatic heterocycles. The van der Waals surface area contributed by atoms with Crippen molar-refractivity contribution in [3.8, 4) is 0 Å². The minimum atomic E-state index is -4.27. The van der Waals surface area contributed by atoms with E-state index in [1.54, 1.807) is 35.2 Å². The molecular weight excluding hydrogens is 265 g/mol. The van der Waals surface area contributed by atoms with Crippen molar-refractivity contribution in [2.45, 2.75) is 38.0 Å². The molecule has 20 heavy (non-hydrogen) atoms. The Bertz CT molecular complexity index is 419. The number of nitrogens with zero attached hydrogens (tertiary/aromatic N) is 1. The SMILES string of the molecule is CC1CCC(CN)CN1C(c1ccccc1)C(F)(F)F. The lowest BCUT2D eigenvalue weighted by Gasteiger charge is -2.43. The lowest BCUT2D eigenvalue weighted by Crippen LogP contribution is -2.49. The first-order valence-corrected chi connectivity index (χ1v) is 7.01. The summed E-state index contributed by atoms with van der Waals surface area (Å²) >= 11 is 0. The largest absolute Gasteiger partial charge is 0.408 e. The number of piperidine rings is 1. The molecule has 112 valence electrons. The zero-order valence-corrected chi connectivity index (χ0v) is 11.6. The standard InChI is InChI=1S/C15H21F3N2/c1-11-7-8-12(9-19)10-20(11)14(15(16,17)18)13-5-3-2-4-6-13/h2-6,11-12,14H,7-10,19H2,1H3. The lowest BCUT2D eigenvalue weighted by atomic mass is 9.90. The predicted octanol–water partition coefficient (Wildman–Crippen LogP) is 3.35. The fourth-order valence-electron chi connectivity index (χ4n) is 2.97. The van der Waals surface area contributed by atoms with Gasteiger partial charge >= 0.3 is 6.18 Å². The number of nitrogens with two attached hydrogens (primary N) is 1. The molecule has 1 aromatic rings. The third-order valence-electron chi connectivity index (χ3n) is 4.12. The van der Waals surface area contributed by atoms with Gasteiger partial charge in [-0.3, -0.25) is 4.90 Å². The summed E-state index contributed by atoms with van der Waals surface area (Å²) in [5, 5.41) is 0. The zero-order chi connectivity index (χ0) is 14.8. The molecule has 0 aliphatic carbocycles. The van der Waals surface area contributed by atoms with Crippen LogP contribution >= 0.6 is 0 Å². The Kier molecular flexibility index (Phi) is 4.70. The summed E-state index contributed by atoms with van der Waals surface area (Å²) in [7, 11) is 0. The molecule has 0 bridgehead atoms. The van der Waals surface area contributed by atoms with E-state index in [9.17, 15) is 13.2 Å². The fraction of sp³-hybridized carbons (Fsp3) is 0.600. The van der Waals surface area contributed by atoms with Crippen molar-refractivity contribution in [2.24, 2.45) is 11.7 Å². The molecule has 1 saturated heterocycles. The Balaban J connectivity index is 2.31. The van der Waals surface area contributed by atoms with Crippen LogP contribution in [0.4, 0.5) is 13.2 Å². The van der Waals surface area contributed by atoms with E-state index in [0.29, 0.717) is 18.7 Å². The summed E-state index contributed by atoms with van der Waals surface area (Å²) < 4.78 is 40.6. The summed E-state index contributed by atoms with van der Waals surface area (Å²) in [6, 6.07) is 6.54. The molecule has 0 amide bonds. The van der Waals surface area contributed by atoms with E-state index in [-0.39, 0.29) is 12.0 Å². The molecule has 1 aliphatic rings. The van der Waals surface area contributed by atoms with Crippen LogP contribution in [0.5, 0.6) is 0 Å². The predicted molar refractivity (Wildman–Crippen MR) is 73.2 cm³/mol. The van der Waals surface area contributed by atoms with E-state index in [1.807, 2.05) is 6.92 Å². The Morgan fingerprint density at radius 2 is 1.90 bits per heavy atom. The zero-order valence-electron chi connectivity index (χ0n) is 11.6. The van der Waals surface area contributed by atoms with Crippen molar-refractivity contribution >= 4 is 0 Å². The average Bonchev–Trinajstić information content (AvgIpc) is 2.41. The molecule has 2 N–H and O–H groups in total. The van der Waals surface area contributed by atoms with E-state index in [2.05, 4.69) is 0 Å². The Morgan fingerprint density at radius 1 is 1.25 bits per heavy atom. The molecule has 0 aromatic heterocycles. The summed E-state index contributed by atoms with van der Waals surface area (Å²) in [6.07, 6.45) is -2.60. The molecule has 1 heterocycles. The van der Waals surface area contributed by atoms with Crippen LogP contribution in [0, 0.1) is 5.92 Å². The second-order valence-corrected chi connectivity index (χ2v) is 5.58. The van der Waals surface area contributed by atoms with Crippen LogP contribution < -0.4 is 5.73 Å². The van der Waals surface area contributed by atoms with Crippen LogP contribution in [0.1, 0.15) is 31.4 Å². The van der Waals surface area contributed by atoms with E-state index in [1.165, 1.54) is 0 Å². The topological polar surface area (TPSA) is 29.3 Å². The number of rotatable bonds is 3. The van der Waals surface area contributed by atoms with E-state index in [4.69, 9.17) is 5.73 Å². The van der Waals surface area contributed by atoms with E-state index >= 15 is 0 Å². The number of alkyl halides is 3. The Labute approximate surface area is 117 Å². The highest BCUT2D eigenvalue weighted by Gasteiger charge is 2.47. The van der Waals surface area contributed by atoms with Crippen LogP contribution in [0.15, 0.2) is 30.3 Å². The maximum Gasteiger partial charge on any atom is 0.408 e. The summed E-state index contributed by atoms with van der Waals surface area (Å²) in [5.41, 5.74) is 5.96. The van der Waals surface area contributed by atoms with Gasteiger partial charge < -0.3 is 5.73 Å². The lowest BCUT2D eigenvalue weighted by molar-refractivity contribution is -0.197. The molecule has 0 spiro atoms. The summed E-state index contributed by atoms with van der Waals surface area (Å²) in [4.78, 5) is 1.57. The molecule has 3 atom stereocenters. The van der Waals surface area contributed by atoms with Gasteiger partial charge in [0.2, 0.25) is 0 Å². The fourth-order valence-corrected chi connectivity index (χ4v) is 2.97. The van der Waals surface area contributed by atoms with Crippen molar-refractivity contribution in [1.82, 2.24) is 4.90 Å². The maximum atomic E-state index is 13.5. The van der Waals surface area contributed by atoms with E-state index < -0.39 is 12.2 Å². The Morgan fingerprint density at radius 3 is 2.45 bits per heavy atom. The van der Waals surface area contributed by atoms with Gasteiger partial charge in [-0.2, -0.15) is 13.2 Å². The number of likely N-dealkylation sites (tertiary alicyclic amines) is 1. The first kappa shape index (κ1) is 15.3. The molecule has 0 saturated carbocycles.